The van der Waals surface area contributed by atoms with E-state index in [4.69, 9.17) is 29.7 Å². The van der Waals surface area contributed by atoms with Crippen LogP contribution >= 0.6 is 35.6 Å². The number of thioether (sulfide) groups is 1. The smallest absolute Gasteiger partial charge is 0.209 e. The molecule has 0 unspecified atom stereocenters. The summed E-state index contributed by atoms with van der Waals surface area (Å²) in [6, 6.07) is 7.22. The third-order valence-electron chi connectivity index (χ3n) is 2.16. The molecule has 2 aromatic rings. The minimum Gasteiger partial charge on any atom is -0.336 e. The van der Waals surface area contributed by atoms with Crippen LogP contribution in [0.2, 0.25) is 5.02 Å². The summed E-state index contributed by atoms with van der Waals surface area (Å²) in [5.74, 6) is 5.82. The van der Waals surface area contributed by atoms with Crippen LogP contribution in [0.3, 0.4) is 0 Å². The van der Waals surface area contributed by atoms with E-state index in [1.54, 1.807) is 12.1 Å². The van der Waals surface area contributed by atoms with Gasteiger partial charge in [0.15, 0.2) is 4.64 Å². The maximum Gasteiger partial charge on any atom is 0.209 e. The molecule has 0 atom stereocenters. The zero-order valence-electron chi connectivity index (χ0n) is 8.92. The molecule has 2 N–H and O–H groups in total. The van der Waals surface area contributed by atoms with Gasteiger partial charge in [0.05, 0.1) is 0 Å². The van der Waals surface area contributed by atoms with Gasteiger partial charge in [0.25, 0.3) is 0 Å². The summed E-state index contributed by atoms with van der Waals surface area (Å²) in [4.78, 5) is 0. The molecular weight excluding hydrogens is 276 g/mol. The van der Waals surface area contributed by atoms with Crippen molar-refractivity contribution in [3.8, 4) is 11.3 Å². The molecule has 2 rings (SSSR count). The summed E-state index contributed by atoms with van der Waals surface area (Å²) < 4.78 is 1.81. The Kier molecular flexibility index (Phi) is 3.66. The SMILES string of the molecule is CSc1nnc(-c2ccc(Cl)cc2)c(=S)n1N. The third-order valence-corrected chi connectivity index (χ3v) is 3.45. The number of benzene rings is 1. The standard InChI is InChI=1S/C10H9ClN4S2/c1-17-10-14-13-8(9(16)15(10)12)6-2-4-7(11)5-3-6/h2-5H,12H2,1H3. The predicted octanol–water partition coefficient (Wildman–Crippen LogP) is 2.76. The van der Waals surface area contributed by atoms with Gasteiger partial charge < -0.3 is 5.84 Å². The van der Waals surface area contributed by atoms with Gasteiger partial charge >= 0.3 is 0 Å². The van der Waals surface area contributed by atoms with E-state index in [0.717, 1.165) is 5.56 Å². The van der Waals surface area contributed by atoms with Crippen molar-refractivity contribution in [2.24, 2.45) is 0 Å². The van der Waals surface area contributed by atoms with Crippen LogP contribution < -0.4 is 5.84 Å². The number of nitrogens with zero attached hydrogens (tertiary/aromatic N) is 3. The minimum absolute atomic E-state index is 0.451. The van der Waals surface area contributed by atoms with Gasteiger partial charge in [0.1, 0.15) is 5.69 Å². The summed E-state index contributed by atoms with van der Waals surface area (Å²) in [7, 11) is 0. The molecule has 0 aliphatic rings. The van der Waals surface area contributed by atoms with Crippen LogP contribution in [0, 0.1) is 4.64 Å². The van der Waals surface area contributed by atoms with Crippen LogP contribution in [0.4, 0.5) is 0 Å². The van der Waals surface area contributed by atoms with Crippen LogP contribution in [-0.4, -0.2) is 21.1 Å². The molecular formula is C10H9ClN4S2. The first-order valence-electron chi connectivity index (χ1n) is 4.68. The Bertz CT molecular complexity index is 594. The first-order valence-corrected chi connectivity index (χ1v) is 6.69. The van der Waals surface area contributed by atoms with Gasteiger partial charge in [-0.1, -0.05) is 47.7 Å². The van der Waals surface area contributed by atoms with Crippen LogP contribution in [-0.2, 0) is 0 Å². The fourth-order valence-electron chi connectivity index (χ4n) is 1.31. The molecule has 0 saturated carbocycles. The highest BCUT2D eigenvalue weighted by atomic mass is 35.5. The number of rotatable bonds is 2. The lowest BCUT2D eigenvalue weighted by molar-refractivity contribution is 0.721. The average Bonchev–Trinajstić information content (AvgIpc) is 2.34. The van der Waals surface area contributed by atoms with E-state index in [1.807, 2.05) is 18.4 Å². The van der Waals surface area contributed by atoms with E-state index in [2.05, 4.69) is 10.2 Å². The molecule has 0 saturated heterocycles. The number of aromatic nitrogens is 3. The lowest BCUT2D eigenvalue weighted by Crippen LogP contribution is -2.16. The van der Waals surface area contributed by atoms with E-state index >= 15 is 0 Å². The number of hydrogen-bond donors (Lipinski definition) is 1. The van der Waals surface area contributed by atoms with Gasteiger partial charge in [-0.15, -0.1) is 10.2 Å². The second-order valence-electron chi connectivity index (χ2n) is 3.22. The molecule has 0 fully saturated rings. The highest BCUT2D eigenvalue weighted by Gasteiger charge is 2.08. The third kappa shape index (κ3) is 2.43. The van der Waals surface area contributed by atoms with Gasteiger partial charge in [-0.2, -0.15) is 0 Å². The highest BCUT2D eigenvalue weighted by molar-refractivity contribution is 7.98. The molecule has 0 amide bonds. The van der Waals surface area contributed by atoms with Crippen molar-refractivity contribution in [1.29, 1.82) is 0 Å². The molecule has 1 heterocycles. The van der Waals surface area contributed by atoms with Crippen molar-refractivity contribution in [1.82, 2.24) is 14.9 Å². The maximum absolute atomic E-state index is 5.82. The molecule has 0 aliphatic carbocycles. The van der Waals surface area contributed by atoms with Crippen molar-refractivity contribution in [3.63, 3.8) is 0 Å². The Labute approximate surface area is 113 Å². The normalized spacial score (nSPS) is 10.5. The second kappa shape index (κ2) is 5.03. The molecule has 0 aliphatic heterocycles. The summed E-state index contributed by atoms with van der Waals surface area (Å²) in [6.45, 7) is 0. The van der Waals surface area contributed by atoms with Crippen molar-refractivity contribution in [2.45, 2.75) is 5.16 Å². The van der Waals surface area contributed by atoms with Gasteiger partial charge in [-0.3, -0.25) is 0 Å². The minimum atomic E-state index is 0.451. The molecule has 1 aromatic carbocycles. The van der Waals surface area contributed by atoms with E-state index < -0.39 is 0 Å². The van der Waals surface area contributed by atoms with E-state index in [0.29, 0.717) is 20.5 Å². The average molecular weight is 285 g/mol. The van der Waals surface area contributed by atoms with Crippen LogP contribution in [0.15, 0.2) is 29.4 Å². The van der Waals surface area contributed by atoms with Gasteiger partial charge in [0, 0.05) is 10.6 Å². The van der Waals surface area contributed by atoms with Gasteiger partial charge in [-0.05, 0) is 18.4 Å². The number of nitrogen functional groups attached to an aromatic ring is 1. The summed E-state index contributed by atoms with van der Waals surface area (Å²) in [6.07, 6.45) is 1.87. The van der Waals surface area contributed by atoms with Crippen molar-refractivity contribution >= 4 is 35.6 Å². The zero-order chi connectivity index (χ0) is 12.4. The summed E-state index contributed by atoms with van der Waals surface area (Å²) in [5, 5.41) is 9.34. The molecule has 1 aromatic heterocycles. The summed E-state index contributed by atoms with van der Waals surface area (Å²) in [5.41, 5.74) is 1.43. The molecule has 88 valence electrons. The molecule has 17 heavy (non-hydrogen) atoms. The van der Waals surface area contributed by atoms with Crippen LogP contribution in [0.25, 0.3) is 11.3 Å². The van der Waals surface area contributed by atoms with E-state index in [-0.39, 0.29) is 0 Å². The fourth-order valence-corrected chi connectivity index (χ4v) is 2.15. The molecule has 0 radical (unpaired) electrons. The topological polar surface area (TPSA) is 56.7 Å². The highest BCUT2D eigenvalue weighted by Crippen LogP contribution is 2.21. The van der Waals surface area contributed by atoms with Gasteiger partial charge in [-0.25, -0.2) is 4.68 Å². The molecule has 7 heteroatoms. The largest absolute Gasteiger partial charge is 0.336 e. The Balaban J connectivity index is 2.57. The lowest BCUT2D eigenvalue weighted by Gasteiger charge is -2.07. The second-order valence-corrected chi connectivity index (χ2v) is 4.81. The molecule has 0 bridgehead atoms. The molecule has 0 spiro atoms. The lowest BCUT2D eigenvalue weighted by atomic mass is 10.2. The van der Waals surface area contributed by atoms with Gasteiger partial charge in [0.2, 0.25) is 5.16 Å². The van der Waals surface area contributed by atoms with Crippen LogP contribution in [0.1, 0.15) is 0 Å². The molecule has 4 nitrogen and oxygen atoms in total. The Morgan fingerprint density at radius 3 is 2.53 bits per heavy atom. The Hall–Kier alpha value is -1.11. The van der Waals surface area contributed by atoms with Crippen LogP contribution in [0.5, 0.6) is 0 Å². The predicted molar refractivity (Wildman–Crippen MR) is 73.2 cm³/mol. The van der Waals surface area contributed by atoms with E-state index in [9.17, 15) is 0 Å². The Morgan fingerprint density at radius 1 is 1.29 bits per heavy atom. The first kappa shape index (κ1) is 12.3. The maximum atomic E-state index is 5.82. The number of hydrogen-bond acceptors (Lipinski definition) is 5. The number of nitrogens with two attached hydrogens (primary N) is 1. The Morgan fingerprint density at radius 2 is 1.94 bits per heavy atom. The summed E-state index contributed by atoms with van der Waals surface area (Å²) >= 11 is 12.5. The monoisotopic (exact) mass is 284 g/mol. The van der Waals surface area contributed by atoms with Crippen molar-refractivity contribution < 1.29 is 0 Å². The zero-order valence-corrected chi connectivity index (χ0v) is 11.3. The fraction of sp³-hybridized carbons (Fsp3) is 0.100. The van der Waals surface area contributed by atoms with Crippen molar-refractivity contribution in [2.75, 3.05) is 12.1 Å². The quantitative estimate of drug-likeness (QED) is 0.522. The number of halogens is 1. The first-order chi connectivity index (χ1) is 8.13. The van der Waals surface area contributed by atoms with E-state index in [1.165, 1.54) is 16.4 Å². The van der Waals surface area contributed by atoms with Crippen molar-refractivity contribution in [3.05, 3.63) is 33.9 Å².